The number of phenols is 1. The number of halogens is 4. The van der Waals surface area contributed by atoms with Crippen LogP contribution in [0.4, 0.5) is 9.59 Å². The van der Waals surface area contributed by atoms with Crippen LogP contribution in [0.2, 0.25) is 0 Å². The number of ether oxygens (including phenoxy) is 10. The summed E-state index contributed by atoms with van der Waals surface area (Å²) in [6.45, 7) is 19.0. The molecule has 0 aliphatic carbocycles. The Bertz CT molecular complexity index is 4250. The molecule has 9 rings (SSSR count). The SMILES string of the molecule is CC(C)(C)OC(=O)NCCN.CC(C)(C)OC(=O)NCCN(Cc1ccccn1)Cc1ccccn1.COC(=O)c1ccc(COc2cc(Br)c(OC)cc2C=O)cc1.COc1cc(C=O)c(O)cc1Br.COc1cc(C=O)c(OC)cc1Br.COc1ccc(OC)c(Br)c1.NCCN.NCCN(Cc1ccccn1)Cc1ccccn1. The number of hydrogen-bond acceptors (Lipinski definition) is 27. The average Bonchev–Trinajstić information content (AvgIpc) is 0.847. The molecule has 2 amide bonds. The molecule has 0 aliphatic rings. The summed E-state index contributed by atoms with van der Waals surface area (Å²) in [4.78, 5) is 88.0. The monoisotopic (exact) mass is 1870 g/mol. The van der Waals surface area contributed by atoms with Crippen molar-refractivity contribution in [3.8, 4) is 46.0 Å². The Kier molecular flexibility index (Phi) is 51.5. The van der Waals surface area contributed by atoms with Gasteiger partial charge in [0.25, 0.3) is 0 Å². The van der Waals surface area contributed by atoms with Crippen LogP contribution in [0.5, 0.6) is 46.0 Å². The van der Waals surface area contributed by atoms with Gasteiger partial charge in [-0.1, -0.05) is 36.4 Å². The van der Waals surface area contributed by atoms with E-state index in [1.54, 1.807) is 82.3 Å². The summed E-state index contributed by atoms with van der Waals surface area (Å²) in [6, 6.07) is 45.6. The van der Waals surface area contributed by atoms with E-state index in [1.807, 2.05) is 145 Å². The summed E-state index contributed by atoms with van der Waals surface area (Å²) in [5, 5.41) is 14.5. The number of aromatic nitrogens is 4. The number of pyridine rings is 4. The molecule has 11 N–H and O–H groups in total. The van der Waals surface area contributed by atoms with Gasteiger partial charge in [0.2, 0.25) is 0 Å². The van der Waals surface area contributed by atoms with Gasteiger partial charge in [0, 0.05) is 103 Å². The zero-order valence-electron chi connectivity index (χ0n) is 68.2. The largest absolute Gasteiger partial charge is 0.507 e. The zero-order chi connectivity index (χ0) is 87.1. The molecule has 4 aromatic heterocycles. The van der Waals surface area contributed by atoms with Gasteiger partial charge in [-0.3, -0.25) is 44.1 Å². The number of nitrogens with one attached hydrogen (secondary N) is 2. The minimum atomic E-state index is -0.494. The molecule has 5 aromatic carbocycles. The van der Waals surface area contributed by atoms with Gasteiger partial charge in [0.1, 0.15) is 63.8 Å². The molecule has 117 heavy (non-hydrogen) atoms. The number of aldehydes is 3. The number of aromatic hydroxyl groups is 1. The topological polar surface area (TPSA) is 401 Å². The minimum absolute atomic E-state index is 0.0577. The van der Waals surface area contributed by atoms with Crippen LogP contribution in [0, 0.1) is 0 Å². The van der Waals surface area contributed by atoms with Crippen LogP contribution in [-0.4, -0.2) is 185 Å². The van der Waals surface area contributed by atoms with Gasteiger partial charge < -0.3 is 86.0 Å². The molecule has 634 valence electrons. The Labute approximate surface area is 719 Å². The highest BCUT2D eigenvalue weighted by molar-refractivity contribution is 9.11. The van der Waals surface area contributed by atoms with Crippen LogP contribution in [0.3, 0.4) is 0 Å². The first-order chi connectivity index (χ1) is 55.9. The van der Waals surface area contributed by atoms with E-state index in [4.69, 9.17) is 65.6 Å². The first-order valence-corrected chi connectivity index (χ1v) is 39.3. The van der Waals surface area contributed by atoms with Gasteiger partial charge >= 0.3 is 18.2 Å². The molecule has 0 bridgehead atoms. The lowest BCUT2D eigenvalue weighted by Gasteiger charge is -2.23. The van der Waals surface area contributed by atoms with E-state index in [0.29, 0.717) is 126 Å². The highest BCUT2D eigenvalue weighted by Crippen LogP contribution is 2.35. The van der Waals surface area contributed by atoms with Gasteiger partial charge in [0.05, 0.1) is 113 Å². The number of nitrogens with two attached hydrogens (primary N) is 4. The second kappa shape index (κ2) is 58.6. The number of methoxy groups -OCH3 is 7. The zero-order valence-corrected chi connectivity index (χ0v) is 74.5. The van der Waals surface area contributed by atoms with E-state index in [-0.39, 0.29) is 23.9 Å². The molecule has 4 heterocycles. The standard InChI is InChI=1S/C19H26N4O2.C17H15BrO5.C14H18N4.C9H9BrO3.C8H7BrO3.C8H9BrO2.C7H16N2O2.C2H8N2/c1-19(2,3)25-18(24)22-12-13-23(14-16-8-4-6-10-20-16)15-17-9-5-7-11-21-17;1-21-16-7-13(9-19)15(8-14(16)18)23-10-11-3-5-12(6-4-11)17(20)22-2;15-7-10-18(11-13-5-1-3-8-16-13)12-14-6-2-4-9-17-14;1-12-8-4-7(10)9(13-2)3-6(8)5-11;1-12-8-2-5(4-10)7(11)3-6(8)9;1-10-6-3-4-8(11-2)7(9)5-6;1-7(2,3)11-6(10)9-5-4-8;3-1-2-4/h4-11H,12-15H2,1-3H3,(H,22,24);3-9H,10H2,1-2H3;1-6,8-9H,7,10-12,15H2;3-5H,1-2H3;2-4,11H,1H3;3-5H,1-2H3;4-5,8H2,1-3H3,(H,9,10);1-4H2. The smallest absolute Gasteiger partial charge is 0.407 e. The molecule has 9 aromatic rings. The van der Waals surface area contributed by atoms with Crippen molar-refractivity contribution in [2.24, 2.45) is 22.9 Å². The molecule has 29 nitrogen and oxygen atoms in total. The lowest BCUT2D eigenvalue weighted by Crippen LogP contribution is -2.37. The number of nitrogens with zero attached hydrogens (tertiary/aromatic N) is 6. The van der Waals surface area contributed by atoms with Crippen molar-refractivity contribution in [1.82, 2.24) is 40.4 Å². The Morgan fingerprint density at radius 2 is 0.812 bits per heavy atom. The fourth-order valence-electron chi connectivity index (χ4n) is 9.11. The van der Waals surface area contributed by atoms with E-state index in [1.165, 1.54) is 40.6 Å². The summed E-state index contributed by atoms with van der Waals surface area (Å²) in [7, 11) is 10.7. The van der Waals surface area contributed by atoms with E-state index >= 15 is 0 Å². The summed E-state index contributed by atoms with van der Waals surface area (Å²) in [5.41, 5.74) is 26.2. The fraction of sp³-hybridized carbons (Fsp3) is 0.333. The van der Waals surface area contributed by atoms with Gasteiger partial charge in [-0.2, -0.15) is 0 Å². The molecule has 0 fully saturated rings. The maximum atomic E-state index is 11.8. The molecule has 0 aliphatic heterocycles. The van der Waals surface area contributed by atoms with Crippen LogP contribution in [0.15, 0.2) is 194 Å². The molecular formula is C84H108Br4N12O17. The lowest BCUT2D eigenvalue weighted by molar-refractivity contribution is 0.0512. The minimum Gasteiger partial charge on any atom is -0.507 e. The van der Waals surface area contributed by atoms with E-state index in [2.05, 4.69) is 109 Å². The number of amides is 2. The predicted molar refractivity (Wildman–Crippen MR) is 466 cm³/mol. The number of carbonyl (C=O) groups is 6. The van der Waals surface area contributed by atoms with E-state index in [9.17, 15) is 33.9 Å². The van der Waals surface area contributed by atoms with Crippen molar-refractivity contribution in [3.05, 3.63) is 245 Å². The van der Waals surface area contributed by atoms with Crippen LogP contribution in [0.25, 0.3) is 0 Å². The third-order valence-corrected chi connectivity index (χ3v) is 17.0. The molecule has 0 saturated carbocycles. The van der Waals surface area contributed by atoms with Crippen LogP contribution >= 0.6 is 63.7 Å². The van der Waals surface area contributed by atoms with Crippen molar-refractivity contribution in [2.45, 2.75) is 85.5 Å². The lowest BCUT2D eigenvalue weighted by atomic mass is 10.1. The second-order valence-corrected chi connectivity index (χ2v) is 29.3. The van der Waals surface area contributed by atoms with Crippen molar-refractivity contribution in [1.29, 1.82) is 0 Å². The Morgan fingerprint density at radius 3 is 1.16 bits per heavy atom. The molecular weight excluding hydrogens is 1770 g/mol. The van der Waals surface area contributed by atoms with Crippen molar-refractivity contribution in [3.63, 3.8) is 0 Å². The van der Waals surface area contributed by atoms with Crippen molar-refractivity contribution in [2.75, 3.05) is 102 Å². The summed E-state index contributed by atoms with van der Waals surface area (Å²) in [6.07, 6.45) is 8.41. The van der Waals surface area contributed by atoms with Crippen molar-refractivity contribution < 1.29 is 81.2 Å². The number of benzene rings is 5. The number of phenolic OH excluding ortho intramolecular Hbond substituents is 1. The quantitative estimate of drug-likeness (QED) is 0.0130. The Hall–Kier alpha value is -10.2. The molecule has 0 atom stereocenters. The third kappa shape index (κ3) is 43.5. The summed E-state index contributed by atoms with van der Waals surface area (Å²) in [5.74, 6) is 3.85. The summed E-state index contributed by atoms with van der Waals surface area (Å²) < 4.78 is 53.7. The van der Waals surface area contributed by atoms with Crippen LogP contribution in [0.1, 0.15) is 111 Å². The van der Waals surface area contributed by atoms with Crippen molar-refractivity contribution >= 4 is 101 Å². The number of hydrogen-bond donors (Lipinski definition) is 7. The Morgan fingerprint density at radius 1 is 0.427 bits per heavy atom. The normalized spacial score (nSPS) is 10.2. The highest BCUT2D eigenvalue weighted by atomic mass is 79.9. The third-order valence-electron chi connectivity index (χ3n) is 14.6. The van der Waals surface area contributed by atoms with E-state index < -0.39 is 23.4 Å². The average molecular weight is 1880 g/mol. The van der Waals surface area contributed by atoms with Crippen LogP contribution in [-0.2, 0) is 47.0 Å². The van der Waals surface area contributed by atoms with Crippen LogP contribution < -0.4 is 66.7 Å². The van der Waals surface area contributed by atoms with E-state index in [0.717, 1.165) is 74.7 Å². The first-order valence-electron chi connectivity index (χ1n) is 36.1. The maximum Gasteiger partial charge on any atom is 0.407 e. The number of esters is 1. The number of alkyl carbamates (subject to hydrolysis) is 2. The number of rotatable bonds is 29. The van der Waals surface area contributed by atoms with Gasteiger partial charge in [-0.15, -0.1) is 0 Å². The molecule has 0 spiro atoms. The molecule has 0 saturated heterocycles. The summed E-state index contributed by atoms with van der Waals surface area (Å²) >= 11 is 13.2. The van der Waals surface area contributed by atoms with Gasteiger partial charge in [0.15, 0.2) is 18.9 Å². The highest BCUT2D eigenvalue weighted by Gasteiger charge is 2.19. The Balaban J connectivity index is 0.000000470. The molecule has 0 unspecified atom stereocenters. The van der Waals surface area contributed by atoms with Gasteiger partial charge in [-0.05, 0) is 226 Å². The molecule has 33 heteroatoms. The fourth-order valence-corrected chi connectivity index (χ4v) is 11.1. The van der Waals surface area contributed by atoms with Gasteiger partial charge in [-0.25, -0.2) is 14.4 Å². The maximum absolute atomic E-state index is 11.8. The second-order valence-electron chi connectivity index (χ2n) is 25.8. The number of carbonyl (C=O) groups excluding carboxylic acids is 6. The first kappa shape index (κ1) is 103. The predicted octanol–water partition coefficient (Wildman–Crippen LogP) is 14.2. The molecule has 0 radical (unpaired) electrons.